The van der Waals surface area contributed by atoms with E-state index in [0.717, 1.165) is 26.1 Å². The van der Waals surface area contributed by atoms with Crippen LogP contribution in [0.3, 0.4) is 0 Å². The van der Waals surface area contributed by atoms with Crippen molar-refractivity contribution in [2.24, 2.45) is 17.6 Å². The fourth-order valence-electron chi connectivity index (χ4n) is 1.85. The minimum atomic E-state index is 0.496. The Hall–Kier alpha value is -0.380. The number of ether oxygens (including phenoxy) is 1. The zero-order valence-corrected chi connectivity index (χ0v) is 12.9. The van der Waals surface area contributed by atoms with E-state index in [-0.39, 0.29) is 0 Å². The van der Waals surface area contributed by atoms with E-state index in [4.69, 9.17) is 10.5 Å². The zero-order valence-electron chi connectivity index (χ0n) is 11.4. The Kier molecular flexibility index (Phi) is 7.56. The Morgan fingerprint density at radius 1 is 1.28 bits per heavy atom. The SMILES string of the molecule is CC(C)COCCC(CN)Cc1ccccc1Br. The highest BCUT2D eigenvalue weighted by atomic mass is 79.9. The van der Waals surface area contributed by atoms with Crippen molar-refractivity contribution in [1.82, 2.24) is 0 Å². The van der Waals surface area contributed by atoms with Gasteiger partial charge in [-0.2, -0.15) is 0 Å². The maximum atomic E-state index is 5.84. The van der Waals surface area contributed by atoms with Gasteiger partial charge < -0.3 is 10.5 Å². The number of hydrogen-bond acceptors (Lipinski definition) is 2. The first-order valence-corrected chi connectivity index (χ1v) is 7.44. The molecule has 0 aliphatic carbocycles. The second kappa shape index (κ2) is 8.68. The Morgan fingerprint density at radius 2 is 2.00 bits per heavy atom. The molecule has 2 N–H and O–H groups in total. The molecule has 0 bridgehead atoms. The highest BCUT2D eigenvalue weighted by Crippen LogP contribution is 2.20. The first-order chi connectivity index (χ1) is 8.63. The van der Waals surface area contributed by atoms with Crippen LogP contribution in [0.2, 0.25) is 0 Å². The summed E-state index contributed by atoms with van der Waals surface area (Å²) in [6.45, 7) is 6.70. The molecule has 1 aromatic carbocycles. The minimum Gasteiger partial charge on any atom is -0.381 e. The van der Waals surface area contributed by atoms with Crippen molar-refractivity contribution in [3.8, 4) is 0 Å². The predicted octanol–water partition coefficient (Wildman–Crippen LogP) is 3.63. The third-order valence-corrected chi connectivity index (χ3v) is 3.70. The molecule has 102 valence electrons. The van der Waals surface area contributed by atoms with Crippen LogP contribution < -0.4 is 5.73 Å². The van der Waals surface area contributed by atoms with Crippen molar-refractivity contribution in [3.63, 3.8) is 0 Å². The lowest BCUT2D eigenvalue weighted by Crippen LogP contribution is -2.19. The van der Waals surface area contributed by atoms with Gasteiger partial charge in [-0.1, -0.05) is 48.0 Å². The summed E-state index contributed by atoms with van der Waals surface area (Å²) in [6.07, 6.45) is 2.05. The number of nitrogens with two attached hydrogens (primary N) is 1. The predicted molar refractivity (Wildman–Crippen MR) is 80.7 cm³/mol. The average molecular weight is 314 g/mol. The molecule has 0 heterocycles. The fraction of sp³-hybridized carbons (Fsp3) is 0.600. The maximum Gasteiger partial charge on any atom is 0.0488 e. The molecular formula is C15H24BrNO. The number of rotatable bonds is 8. The van der Waals surface area contributed by atoms with Gasteiger partial charge in [0.25, 0.3) is 0 Å². The van der Waals surface area contributed by atoms with Crippen LogP contribution >= 0.6 is 15.9 Å². The van der Waals surface area contributed by atoms with E-state index < -0.39 is 0 Å². The highest BCUT2D eigenvalue weighted by Gasteiger charge is 2.10. The molecule has 2 nitrogen and oxygen atoms in total. The van der Waals surface area contributed by atoms with Crippen LogP contribution in [0.15, 0.2) is 28.7 Å². The van der Waals surface area contributed by atoms with Gasteiger partial charge in [-0.3, -0.25) is 0 Å². The van der Waals surface area contributed by atoms with Gasteiger partial charge in [-0.15, -0.1) is 0 Å². The quantitative estimate of drug-likeness (QED) is 0.744. The van der Waals surface area contributed by atoms with Crippen molar-refractivity contribution in [1.29, 1.82) is 0 Å². The van der Waals surface area contributed by atoms with E-state index in [9.17, 15) is 0 Å². The summed E-state index contributed by atoms with van der Waals surface area (Å²) < 4.78 is 6.80. The molecule has 0 radical (unpaired) electrons. The van der Waals surface area contributed by atoms with E-state index in [2.05, 4.69) is 48.0 Å². The smallest absolute Gasteiger partial charge is 0.0488 e. The molecule has 0 saturated heterocycles. The van der Waals surface area contributed by atoms with Gasteiger partial charge >= 0.3 is 0 Å². The molecule has 0 spiro atoms. The second-order valence-corrected chi connectivity index (χ2v) is 6.01. The summed E-state index contributed by atoms with van der Waals surface area (Å²) in [5.41, 5.74) is 7.17. The minimum absolute atomic E-state index is 0.496. The van der Waals surface area contributed by atoms with E-state index in [0.29, 0.717) is 18.4 Å². The van der Waals surface area contributed by atoms with Gasteiger partial charge in [0, 0.05) is 17.7 Å². The summed E-state index contributed by atoms with van der Waals surface area (Å²) in [5, 5.41) is 0. The molecule has 1 aromatic rings. The molecule has 18 heavy (non-hydrogen) atoms. The Morgan fingerprint density at radius 3 is 2.61 bits per heavy atom. The molecule has 0 aromatic heterocycles. The van der Waals surface area contributed by atoms with Crippen LogP contribution in [0.4, 0.5) is 0 Å². The molecule has 3 heteroatoms. The zero-order chi connectivity index (χ0) is 13.4. The largest absolute Gasteiger partial charge is 0.381 e. The lowest BCUT2D eigenvalue weighted by molar-refractivity contribution is 0.0984. The average Bonchev–Trinajstić information content (AvgIpc) is 2.35. The topological polar surface area (TPSA) is 35.2 Å². The van der Waals surface area contributed by atoms with E-state index in [1.807, 2.05) is 6.07 Å². The highest BCUT2D eigenvalue weighted by molar-refractivity contribution is 9.10. The summed E-state index contributed by atoms with van der Waals surface area (Å²) in [5.74, 6) is 1.10. The molecule has 0 aliphatic heterocycles. The summed E-state index contributed by atoms with van der Waals surface area (Å²) in [4.78, 5) is 0. The van der Waals surface area contributed by atoms with Crippen molar-refractivity contribution in [3.05, 3.63) is 34.3 Å². The Balaban J connectivity index is 2.36. The second-order valence-electron chi connectivity index (χ2n) is 5.15. The Labute approximate surface area is 119 Å². The van der Waals surface area contributed by atoms with Gasteiger partial charge in [-0.05, 0) is 42.9 Å². The molecular weight excluding hydrogens is 290 g/mol. The van der Waals surface area contributed by atoms with Crippen LogP contribution in [-0.2, 0) is 11.2 Å². The first-order valence-electron chi connectivity index (χ1n) is 6.64. The summed E-state index contributed by atoms with van der Waals surface area (Å²) in [6, 6.07) is 8.35. The van der Waals surface area contributed by atoms with Crippen LogP contribution in [0.1, 0.15) is 25.8 Å². The van der Waals surface area contributed by atoms with Gasteiger partial charge in [0.2, 0.25) is 0 Å². The van der Waals surface area contributed by atoms with Gasteiger partial charge in [-0.25, -0.2) is 0 Å². The first kappa shape index (κ1) is 15.7. The van der Waals surface area contributed by atoms with E-state index in [1.54, 1.807) is 0 Å². The normalized spacial score (nSPS) is 12.9. The molecule has 0 amide bonds. The van der Waals surface area contributed by atoms with E-state index >= 15 is 0 Å². The Bertz CT molecular complexity index is 341. The number of halogens is 1. The van der Waals surface area contributed by atoms with Gasteiger partial charge in [0.1, 0.15) is 0 Å². The molecule has 0 saturated carbocycles. The van der Waals surface area contributed by atoms with E-state index in [1.165, 1.54) is 10.0 Å². The fourth-order valence-corrected chi connectivity index (χ4v) is 2.29. The molecule has 1 unspecified atom stereocenters. The van der Waals surface area contributed by atoms with Crippen molar-refractivity contribution < 1.29 is 4.74 Å². The summed E-state index contributed by atoms with van der Waals surface area (Å²) in [7, 11) is 0. The van der Waals surface area contributed by atoms with Crippen LogP contribution in [0.5, 0.6) is 0 Å². The lowest BCUT2D eigenvalue weighted by atomic mass is 9.97. The molecule has 0 fully saturated rings. The van der Waals surface area contributed by atoms with Gasteiger partial charge in [0.05, 0.1) is 0 Å². The number of hydrogen-bond donors (Lipinski definition) is 1. The third-order valence-electron chi connectivity index (χ3n) is 2.92. The molecule has 0 aliphatic rings. The van der Waals surface area contributed by atoms with Crippen LogP contribution in [0.25, 0.3) is 0 Å². The lowest BCUT2D eigenvalue weighted by Gasteiger charge is -2.16. The summed E-state index contributed by atoms with van der Waals surface area (Å²) >= 11 is 3.58. The maximum absolute atomic E-state index is 5.84. The van der Waals surface area contributed by atoms with Crippen molar-refractivity contribution >= 4 is 15.9 Å². The standard InChI is InChI=1S/C15H24BrNO/c1-12(2)11-18-8-7-13(10-17)9-14-5-3-4-6-15(14)16/h3-6,12-13H,7-11,17H2,1-2H3. The van der Waals surface area contributed by atoms with Crippen molar-refractivity contribution in [2.45, 2.75) is 26.7 Å². The molecule has 1 rings (SSSR count). The monoisotopic (exact) mass is 313 g/mol. The number of benzene rings is 1. The third kappa shape index (κ3) is 5.98. The van der Waals surface area contributed by atoms with Gasteiger partial charge in [0.15, 0.2) is 0 Å². The van der Waals surface area contributed by atoms with Crippen LogP contribution in [-0.4, -0.2) is 19.8 Å². The molecule has 1 atom stereocenters. The van der Waals surface area contributed by atoms with Crippen LogP contribution in [0, 0.1) is 11.8 Å². The van der Waals surface area contributed by atoms with Crippen molar-refractivity contribution in [2.75, 3.05) is 19.8 Å².